The highest BCUT2D eigenvalue weighted by Crippen LogP contribution is 2.09. The summed E-state index contributed by atoms with van der Waals surface area (Å²) in [6.45, 7) is 0. The summed E-state index contributed by atoms with van der Waals surface area (Å²) in [7, 11) is 3.39. The molecule has 0 bridgehead atoms. The first-order valence-corrected chi connectivity index (χ1v) is 4.87. The number of hydrogen-bond donors (Lipinski definition) is 3. The van der Waals surface area contributed by atoms with Gasteiger partial charge < -0.3 is 10.1 Å². The van der Waals surface area contributed by atoms with E-state index in [1.165, 1.54) is 0 Å². The Morgan fingerprint density at radius 2 is 2.33 bits per heavy atom. The van der Waals surface area contributed by atoms with Crippen molar-refractivity contribution in [3.63, 3.8) is 0 Å². The number of benzene rings is 1. The number of hydrogen-bond acceptors (Lipinski definition) is 2. The number of thiocarbonyl (C=S) groups is 1. The molecule has 3 N–H and O–H groups in total. The summed E-state index contributed by atoms with van der Waals surface area (Å²) in [6, 6.07) is 7.68. The molecule has 80 valence electrons. The quantitative estimate of drug-likeness (QED) is 0.357. The average Bonchev–Trinajstić information content (AvgIpc) is 2.29. The Kier molecular flexibility index (Phi) is 4.56. The zero-order valence-electron chi connectivity index (χ0n) is 8.70. The highest BCUT2D eigenvalue weighted by molar-refractivity contribution is 7.80. The largest absolute Gasteiger partial charge is 0.497 e. The number of hydrazone groups is 1. The second-order valence-electron chi connectivity index (χ2n) is 2.77. The lowest BCUT2D eigenvalue weighted by atomic mass is 10.2. The van der Waals surface area contributed by atoms with Crippen LogP contribution in [0.25, 0.3) is 0 Å². The molecule has 0 fully saturated rings. The molecule has 0 heterocycles. The number of ether oxygens (including phenoxy) is 1. The summed E-state index contributed by atoms with van der Waals surface area (Å²) in [5.74, 6) is 0.821. The van der Waals surface area contributed by atoms with E-state index in [0.717, 1.165) is 11.3 Å². The normalized spacial score (nSPS) is 10.0. The van der Waals surface area contributed by atoms with Crippen LogP contribution in [0.5, 0.6) is 5.75 Å². The monoisotopic (exact) mass is 224 g/mol. The highest BCUT2D eigenvalue weighted by atomic mass is 32.1. The fourth-order valence-corrected chi connectivity index (χ4v) is 1.04. The molecule has 0 aliphatic rings. The first kappa shape index (κ1) is 11.5. The van der Waals surface area contributed by atoms with Gasteiger partial charge in [-0.1, -0.05) is 6.07 Å². The van der Waals surface area contributed by atoms with Crippen molar-refractivity contribution >= 4 is 23.5 Å². The lowest BCUT2D eigenvalue weighted by Crippen LogP contribution is -2.82. The van der Waals surface area contributed by atoms with Crippen molar-refractivity contribution in [3.8, 4) is 5.75 Å². The standard InChI is InChI=1S/C10H13N3OS/c1-11-10(15)13-12-7-8-4-3-5-9(6-8)14-2/h3-7H,1-2H3,(H2,11,13,15)/p+1. The topological polar surface area (TPSA) is 47.3 Å². The van der Waals surface area contributed by atoms with Crippen molar-refractivity contribution in [3.05, 3.63) is 29.8 Å². The van der Waals surface area contributed by atoms with Gasteiger partial charge in [0.1, 0.15) is 5.75 Å². The highest BCUT2D eigenvalue weighted by Gasteiger charge is 1.95. The molecule has 1 aromatic carbocycles. The lowest BCUT2D eigenvalue weighted by Gasteiger charge is -1.98. The molecule has 4 nitrogen and oxygen atoms in total. The first-order chi connectivity index (χ1) is 7.26. The van der Waals surface area contributed by atoms with Crippen LogP contribution in [-0.4, -0.2) is 25.5 Å². The number of methoxy groups -OCH3 is 1. The van der Waals surface area contributed by atoms with Crippen LogP contribution in [0, 0.1) is 0 Å². The minimum atomic E-state index is 0.536. The van der Waals surface area contributed by atoms with Crippen LogP contribution in [0.4, 0.5) is 0 Å². The predicted molar refractivity (Wildman–Crippen MR) is 63.9 cm³/mol. The van der Waals surface area contributed by atoms with Crippen molar-refractivity contribution in [1.82, 2.24) is 10.7 Å². The van der Waals surface area contributed by atoms with Gasteiger partial charge in [-0.2, -0.15) is 0 Å². The van der Waals surface area contributed by atoms with Gasteiger partial charge in [0.15, 0.2) is 6.21 Å². The van der Waals surface area contributed by atoms with Crippen LogP contribution < -0.4 is 20.6 Å². The summed E-state index contributed by atoms with van der Waals surface area (Å²) < 4.78 is 5.10. The minimum Gasteiger partial charge on any atom is -0.497 e. The van der Waals surface area contributed by atoms with E-state index in [1.807, 2.05) is 24.3 Å². The van der Waals surface area contributed by atoms with E-state index < -0.39 is 0 Å². The third kappa shape index (κ3) is 3.95. The van der Waals surface area contributed by atoms with Crippen molar-refractivity contribution in [2.75, 3.05) is 14.2 Å². The maximum absolute atomic E-state index is 5.10. The van der Waals surface area contributed by atoms with E-state index in [4.69, 9.17) is 17.0 Å². The van der Waals surface area contributed by atoms with E-state index >= 15 is 0 Å². The molecular weight excluding hydrogens is 210 g/mol. The van der Waals surface area contributed by atoms with Crippen LogP contribution >= 0.6 is 12.2 Å². The SMILES string of the molecule is CNC(=S)N[NH+]=Cc1cccc(OC)c1. The van der Waals surface area contributed by atoms with Gasteiger partial charge in [-0.25, -0.2) is 0 Å². The van der Waals surface area contributed by atoms with Gasteiger partial charge in [0.2, 0.25) is 5.11 Å². The van der Waals surface area contributed by atoms with E-state index in [0.29, 0.717) is 5.11 Å². The summed E-state index contributed by atoms with van der Waals surface area (Å²) in [4.78, 5) is 0. The maximum atomic E-state index is 5.10. The van der Waals surface area contributed by atoms with E-state index in [1.54, 1.807) is 20.4 Å². The smallest absolute Gasteiger partial charge is 0.223 e. The Bertz CT molecular complexity index is 365. The second-order valence-corrected chi connectivity index (χ2v) is 3.18. The van der Waals surface area contributed by atoms with Gasteiger partial charge in [0, 0.05) is 12.6 Å². The summed E-state index contributed by atoms with van der Waals surface area (Å²) in [6.07, 6.45) is 1.80. The van der Waals surface area contributed by atoms with Crippen LogP contribution in [0.2, 0.25) is 0 Å². The van der Waals surface area contributed by atoms with Crippen LogP contribution in [-0.2, 0) is 0 Å². The van der Waals surface area contributed by atoms with E-state index in [-0.39, 0.29) is 0 Å². The Hall–Kier alpha value is -1.62. The van der Waals surface area contributed by atoms with Crippen molar-refractivity contribution in [1.29, 1.82) is 0 Å². The van der Waals surface area contributed by atoms with Gasteiger partial charge in [0.25, 0.3) is 0 Å². The van der Waals surface area contributed by atoms with Crippen LogP contribution in [0.15, 0.2) is 24.3 Å². The lowest BCUT2D eigenvalue weighted by molar-refractivity contribution is -0.500. The molecule has 1 rings (SSSR count). The van der Waals surface area contributed by atoms with Gasteiger partial charge in [-0.3, -0.25) is 0 Å². The number of rotatable bonds is 3. The average molecular weight is 224 g/mol. The molecule has 5 heteroatoms. The Balaban J connectivity index is 2.59. The molecule has 0 aliphatic heterocycles. The number of hydrazine groups is 1. The molecule has 0 aromatic heterocycles. The third-order valence-corrected chi connectivity index (χ3v) is 2.05. The Labute approximate surface area is 94.3 Å². The molecule has 1 aromatic rings. The van der Waals surface area contributed by atoms with Gasteiger partial charge >= 0.3 is 0 Å². The van der Waals surface area contributed by atoms with Crippen LogP contribution in [0.3, 0.4) is 0 Å². The fourth-order valence-electron chi connectivity index (χ4n) is 0.979. The molecule has 0 atom stereocenters. The molecule has 0 radical (unpaired) electrons. The zero-order chi connectivity index (χ0) is 11.1. The zero-order valence-corrected chi connectivity index (χ0v) is 9.52. The van der Waals surface area contributed by atoms with E-state index in [2.05, 4.69) is 15.8 Å². The Morgan fingerprint density at radius 3 is 3.00 bits per heavy atom. The number of nitrogens with one attached hydrogen (secondary N) is 3. The third-order valence-electron chi connectivity index (χ3n) is 1.75. The van der Waals surface area contributed by atoms with Crippen molar-refractivity contribution < 1.29 is 9.84 Å². The van der Waals surface area contributed by atoms with Crippen molar-refractivity contribution in [2.24, 2.45) is 0 Å². The molecule has 15 heavy (non-hydrogen) atoms. The molecule has 0 aliphatic carbocycles. The van der Waals surface area contributed by atoms with Crippen molar-refractivity contribution in [2.45, 2.75) is 0 Å². The van der Waals surface area contributed by atoms with E-state index in [9.17, 15) is 0 Å². The first-order valence-electron chi connectivity index (χ1n) is 4.47. The molecule has 0 saturated carbocycles. The van der Waals surface area contributed by atoms with Gasteiger partial charge in [-0.05, 0) is 30.4 Å². The second kappa shape index (κ2) is 5.98. The van der Waals surface area contributed by atoms with Gasteiger partial charge in [0.05, 0.1) is 7.11 Å². The maximum Gasteiger partial charge on any atom is 0.223 e. The molecule has 0 saturated heterocycles. The molecule has 0 spiro atoms. The molecular formula is C10H14N3OS+. The van der Waals surface area contributed by atoms with Crippen LogP contribution in [0.1, 0.15) is 5.56 Å². The summed E-state index contributed by atoms with van der Waals surface area (Å²) in [5, 5.41) is 6.19. The molecule has 0 amide bonds. The Morgan fingerprint density at radius 1 is 1.53 bits per heavy atom. The van der Waals surface area contributed by atoms with Gasteiger partial charge in [-0.15, -0.1) is 10.5 Å². The minimum absolute atomic E-state index is 0.536. The summed E-state index contributed by atoms with van der Waals surface area (Å²) >= 11 is 4.89. The summed E-state index contributed by atoms with van der Waals surface area (Å²) in [5.41, 5.74) is 3.79. The molecule has 0 unspecified atom stereocenters. The fraction of sp³-hybridized carbons (Fsp3) is 0.200. The predicted octanol–water partition coefficient (Wildman–Crippen LogP) is -0.796.